The summed E-state index contributed by atoms with van der Waals surface area (Å²) >= 11 is 0. The fourth-order valence-corrected chi connectivity index (χ4v) is 8.46. The normalized spacial score (nSPS) is 12.3. The van der Waals surface area contributed by atoms with Crippen molar-refractivity contribution in [2.45, 2.75) is 19.6 Å². The van der Waals surface area contributed by atoms with E-state index in [4.69, 9.17) is 5.73 Å². The molecule has 31 heteroatoms. The molecule has 0 aliphatic heterocycles. The summed E-state index contributed by atoms with van der Waals surface area (Å²) in [6.45, 7) is 0. The second kappa shape index (κ2) is 18.8. The average Bonchev–Trinajstić information content (AvgIpc) is 3.26. The molecule has 0 atom stereocenters. The molecule has 0 aliphatic rings. The van der Waals surface area contributed by atoms with E-state index in [1.54, 1.807) is 24.3 Å². The lowest BCUT2D eigenvalue weighted by Gasteiger charge is -2.11. The fourth-order valence-electron chi connectivity index (χ4n) is 6.00. The van der Waals surface area contributed by atoms with Gasteiger partial charge in [0.05, 0.1) is 44.8 Å². The van der Waals surface area contributed by atoms with Crippen LogP contribution >= 0.6 is 0 Å². The van der Waals surface area contributed by atoms with Gasteiger partial charge in [-0.3, -0.25) is 18.2 Å². The van der Waals surface area contributed by atoms with Gasteiger partial charge in [-0.15, -0.1) is 15.2 Å². The lowest BCUT2D eigenvalue weighted by atomic mass is 10.1. The molecule has 0 spiro atoms. The summed E-state index contributed by atoms with van der Waals surface area (Å²) in [6.07, 6.45) is 2.70. The van der Waals surface area contributed by atoms with Crippen molar-refractivity contribution in [2.24, 2.45) is 26.2 Å². The zero-order chi connectivity index (χ0) is 50.1. The van der Waals surface area contributed by atoms with Gasteiger partial charge >= 0.3 is 29.8 Å². The first kappa shape index (κ1) is 48.6. The highest BCUT2D eigenvalue weighted by Gasteiger charge is 2.25. The molecule has 2 aromatic heterocycles. The van der Waals surface area contributed by atoms with E-state index in [1.165, 1.54) is 59.4 Å². The van der Waals surface area contributed by atoms with Crippen LogP contribution in [0.2, 0.25) is 0 Å². The van der Waals surface area contributed by atoms with Crippen LogP contribution in [0.25, 0.3) is 16.7 Å². The minimum atomic E-state index is -5.25. The van der Waals surface area contributed by atoms with E-state index in [9.17, 15) is 66.6 Å². The molecule has 5 aromatic carbocycles. The summed E-state index contributed by atoms with van der Waals surface area (Å²) < 4.78 is 136. The number of hydrogen-bond donors (Lipinski definition) is 9. The first-order valence-corrected chi connectivity index (χ1v) is 24.4. The maximum absolute atomic E-state index is 12.5. The van der Waals surface area contributed by atoms with Crippen LogP contribution in [-0.4, -0.2) is 83.9 Å². The van der Waals surface area contributed by atoms with Gasteiger partial charge in [0.25, 0.3) is 40.5 Å². The van der Waals surface area contributed by atoms with E-state index in [-0.39, 0.29) is 45.4 Å². The number of carbonyl (C=O) groups is 2. The number of carboxylic acid groups (broad SMARTS) is 1. The van der Waals surface area contributed by atoms with Gasteiger partial charge in [0.15, 0.2) is 0 Å². The molecule has 0 unspecified atom stereocenters. The third-order valence-electron chi connectivity index (χ3n) is 9.04. The number of hydrogen-bond acceptors (Lipinski definition) is 19. The Balaban J connectivity index is 1.22. The third-order valence-corrected chi connectivity index (χ3v) is 12.5. The summed E-state index contributed by atoms with van der Waals surface area (Å²) in [7, 11) is -20.0. The molecule has 27 nitrogen and oxygen atoms in total. The van der Waals surface area contributed by atoms with Crippen LogP contribution in [0.1, 0.15) is 10.4 Å². The molecule has 0 saturated carbocycles. The van der Waals surface area contributed by atoms with Crippen LogP contribution in [0, 0.1) is 0 Å². The van der Waals surface area contributed by atoms with Gasteiger partial charge in [-0.25, -0.2) is 14.2 Å². The van der Waals surface area contributed by atoms with Crippen molar-refractivity contribution in [1.82, 2.24) is 15.0 Å². The van der Waals surface area contributed by atoms with Crippen LogP contribution in [0.4, 0.5) is 56.5 Å². The van der Waals surface area contributed by atoms with Crippen LogP contribution < -0.4 is 26.3 Å². The van der Waals surface area contributed by atoms with Gasteiger partial charge in [0.1, 0.15) is 21.2 Å². The van der Waals surface area contributed by atoms with E-state index >= 15 is 0 Å². The van der Waals surface area contributed by atoms with Gasteiger partial charge < -0.3 is 26.8 Å². The number of carbonyl (C=O) groups excluding carboxylic acids is 1. The number of carboxylic acids is 1. The first-order valence-electron chi connectivity index (χ1n) is 18.6. The Morgan fingerprint density at radius 2 is 1.14 bits per heavy atom. The Bertz CT molecular complexity index is 3770. The minimum Gasteiger partial charge on any atom is -0.478 e. The number of urea groups is 1. The van der Waals surface area contributed by atoms with Gasteiger partial charge in [-0.1, -0.05) is 0 Å². The second-order valence-electron chi connectivity index (χ2n) is 13.9. The monoisotopic (exact) mass is 1020 g/mol. The van der Waals surface area contributed by atoms with E-state index in [1.807, 2.05) is 0 Å². The SMILES string of the molecule is NC(=O)Nc1cc(Nc2nc(Nc3ccc(N=Nc4ccc(S(=O)(=O)O)cc4)cc3)nc(-[n+]3cccc(C(=O)O)c3)n2)ccc1N=Nc1cc2c(S(=O)(=O)O)cc(S(=O)(=O)O)cc2cc1S(=O)(=O)O. The van der Waals surface area contributed by atoms with Crippen LogP contribution in [0.15, 0.2) is 156 Å². The van der Waals surface area contributed by atoms with Crippen molar-refractivity contribution in [1.29, 1.82) is 0 Å². The number of aromatic carboxylic acids is 1. The molecular formula is C38H29N12O15S4+. The number of benzene rings is 5. The zero-order valence-corrected chi connectivity index (χ0v) is 37.3. The summed E-state index contributed by atoms with van der Waals surface area (Å²) in [4.78, 5) is 33.7. The van der Waals surface area contributed by atoms with Crippen molar-refractivity contribution in [3.8, 4) is 5.95 Å². The molecule has 0 saturated heterocycles. The lowest BCUT2D eigenvalue weighted by molar-refractivity contribution is -0.603. The number of primary amides is 1. The number of fused-ring (bicyclic) bond motifs is 1. The van der Waals surface area contributed by atoms with Gasteiger partial charge in [-0.2, -0.15) is 43.9 Å². The van der Waals surface area contributed by atoms with Crippen LogP contribution in [0.3, 0.4) is 0 Å². The molecule has 10 N–H and O–H groups in total. The standard InChI is InChI=1S/C38H28N12O15S4/c39-35(53)42-30-16-25(9-12-29(30)48-49-31-18-28-21(15-33(31)69(63,64)65)14-27(67(57,58)59)17-32(28)68(60,61)62)41-37-43-36(44-38(45-37)50-13-1-2-20(19-50)34(51)52)40-22-3-5-23(6-4-22)46-47-24-7-10-26(11-8-24)66(54,55)56/h1-19H,(H9-,39,40,41,42,43,44,45,47,49,51,52,53,54,55,56,57,58,59,60,61,62,63,64,65)/p+1. The maximum Gasteiger partial charge on any atom is 0.444 e. The van der Waals surface area contributed by atoms with E-state index in [2.05, 4.69) is 51.4 Å². The Kier molecular flexibility index (Phi) is 13.2. The number of rotatable bonds is 15. The van der Waals surface area contributed by atoms with E-state index < -0.39 is 83.6 Å². The Morgan fingerprint density at radius 3 is 1.71 bits per heavy atom. The number of nitrogens with two attached hydrogens (primary N) is 1. The highest BCUT2D eigenvalue weighted by Crippen LogP contribution is 2.37. The number of nitrogens with one attached hydrogen (secondary N) is 3. The Morgan fingerprint density at radius 1 is 0.580 bits per heavy atom. The summed E-state index contributed by atoms with van der Waals surface area (Å²) in [5.74, 6) is -1.59. The quantitative estimate of drug-likeness (QED) is 0.0333. The third kappa shape index (κ3) is 12.0. The fraction of sp³-hybridized carbons (Fsp3) is 0. The largest absolute Gasteiger partial charge is 0.478 e. The number of nitrogens with zero attached hydrogens (tertiary/aromatic N) is 8. The maximum atomic E-state index is 12.5. The molecule has 2 amide bonds. The van der Waals surface area contributed by atoms with Gasteiger partial charge in [0, 0.05) is 16.8 Å². The summed E-state index contributed by atoms with van der Waals surface area (Å²) in [5.41, 5.74) is 5.35. The highest BCUT2D eigenvalue weighted by molar-refractivity contribution is 7.87. The highest BCUT2D eigenvalue weighted by atomic mass is 32.2. The predicted octanol–water partition coefficient (Wildman–Crippen LogP) is 5.80. The topological polar surface area (TPSA) is 426 Å². The van der Waals surface area contributed by atoms with Crippen molar-refractivity contribution in [3.05, 3.63) is 121 Å². The van der Waals surface area contributed by atoms with Gasteiger partial charge in [0.2, 0.25) is 0 Å². The summed E-state index contributed by atoms with van der Waals surface area (Å²) in [6, 6.07) is 19.2. The molecule has 0 fully saturated rings. The zero-order valence-electron chi connectivity index (χ0n) is 34.1. The molecule has 69 heavy (non-hydrogen) atoms. The Hall–Kier alpha value is -8.30. The van der Waals surface area contributed by atoms with Crippen LogP contribution in [0.5, 0.6) is 0 Å². The molecule has 7 aromatic rings. The number of amides is 2. The second-order valence-corrected chi connectivity index (χ2v) is 19.5. The van der Waals surface area contributed by atoms with E-state index in [0.717, 1.165) is 18.2 Å². The number of pyridine rings is 1. The number of aromatic nitrogens is 4. The molecule has 7 rings (SSSR count). The first-order chi connectivity index (χ1) is 32.3. The van der Waals surface area contributed by atoms with Crippen molar-refractivity contribution < 1.29 is 71.1 Å². The number of anilines is 5. The van der Waals surface area contributed by atoms with Crippen molar-refractivity contribution >= 4 is 115 Å². The van der Waals surface area contributed by atoms with Gasteiger partial charge in [-0.05, 0) is 118 Å². The van der Waals surface area contributed by atoms with Crippen molar-refractivity contribution in [2.75, 3.05) is 16.0 Å². The molecule has 0 aliphatic carbocycles. The smallest absolute Gasteiger partial charge is 0.444 e. The molecule has 0 bridgehead atoms. The number of azo groups is 2. The predicted molar refractivity (Wildman–Crippen MR) is 239 cm³/mol. The molecule has 2 heterocycles. The molecule has 0 radical (unpaired) electrons. The average molecular weight is 1020 g/mol. The Labute approximate surface area is 388 Å². The lowest BCUT2D eigenvalue weighted by Crippen LogP contribution is -2.34. The molecule has 354 valence electrons. The van der Waals surface area contributed by atoms with Crippen LogP contribution in [-0.2, 0) is 40.5 Å². The molecular weight excluding hydrogens is 993 g/mol. The van der Waals surface area contributed by atoms with Crippen molar-refractivity contribution in [3.63, 3.8) is 0 Å². The summed E-state index contributed by atoms with van der Waals surface area (Å²) in [5, 5.41) is 32.7. The minimum absolute atomic E-state index is 0.0821. The van der Waals surface area contributed by atoms with E-state index in [0.29, 0.717) is 35.3 Å².